The van der Waals surface area contributed by atoms with E-state index in [1.807, 2.05) is 61.1 Å². The molecule has 0 fully saturated rings. The van der Waals surface area contributed by atoms with E-state index in [-0.39, 0.29) is 5.78 Å². The zero-order valence-electron chi connectivity index (χ0n) is 17.9. The van der Waals surface area contributed by atoms with Gasteiger partial charge in [-0.05, 0) is 61.2 Å². The highest BCUT2D eigenvalue weighted by atomic mass is 16.5. The van der Waals surface area contributed by atoms with Gasteiger partial charge in [-0.1, -0.05) is 12.1 Å². The molecule has 1 aliphatic rings. The SMILES string of the molecule is COc1ccc(Cc2nc3c(n2C)CCc2cc(-n4cnc(C)c4)ccc2C3=O)cc1. The van der Waals surface area contributed by atoms with Crippen LogP contribution in [0.2, 0.25) is 0 Å². The van der Waals surface area contributed by atoms with Crippen LogP contribution in [0.1, 0.15) is 44.4 Å². The highest BCUT2D eigenvalue weighted by molar-refractivity contribution is 6.10. The standard InChI is InChI=1S/C25H24N4O2/c1-16-14-29(15-26-16)19-7-10-21-18(13-19)6-11-22-24(25(21)30)27-23(28(22)2)12-17-4-8-20(31-3)9-5-17/h4-5,7-10,13-15H,6,11-12H2,1-3H3. The molecule has 6 heteroatoms. The second-order valence-electron chi connectivity index (χ2n) is 8.00. The van der Waals surface area contributed by atoms with E-state index in [1.165, 1.54) is 0 Å². The number of hydrogen-bond acceptors (Lipinski definition) is 4. The monoisotopic (exact) mass is 412 g/mol. The largest absolute Gasteiger partial charge is 0.497 e. The summed E-state index contributed by atoms with van der Waals surface area (Å²) in [4.78, 5) is 22.5. The Morgan fingerprint density at radius 2 is 1.90 bits per heavy atom. The molecule has 2 aromatic carbocycles. The summed E-state index contributed by atoms with van der Waals surface area (Å²) in [5, 5.41) is 0. The van der Waals surface area contributed by atoms with Crippen LogP contribution in [-0.4, -0.2) is 32.0 Å². The molecule has 1 aliphatic carbocycles. The minimum atomic E-state index is 0.00689. The van der Waals surface area contributed by atoms with E-state index in [4.69, 9.17) is 9.72 Å². The Morgan fingerprint density at radius 3 is 2.61 bits per heavy atom. The van der Waals surface area contributed by atoms with Gasteiger partial charge in [-0.25, -0.2) is 9.97 Å². The second kappa shape index (κ2) is 7.54. The maximum atomic E-state index is 13.4. The number of aryl methyl sites for hydroxylation is 2. The first-order valence-electron chi connectivity index (χ1n) is 10.4. The van der Waals surface area contributed by atoms with Crippen molar-refractivity contribution in [2.75, 3.05) is 7.11 Å². The van der Waals surface area contributed by atoms with Crippen molar-refractivity contribution in [3.8, 4) is 11.4 Å². The number of aromatic nitrogens is 4. The Labute approximate surface area is 181 Å². The molecule has 0 spiro atoms. The van der Waals surface area contributed by atoms with Crippen molar-refractivity contribution in [2.24, 2.45) is 7.05 Å². The average Bonchev–Trinajstić information content (AvgIpc) is 3.32. The molecule has 4 aromatic rings. The van der Waals surface area contributed by atoms with Gasteiger partial charge in [0.25, 0.3) is 0 Å². The molecule has 2 aromatic heterocycles. The molecule has 0 saturated carbocycles. The van der Waals surface area contributed by atoms with Gasteiger partial charge in [-0.3, -0.25) is 4.79 Å². The van der Waals surface area contributed by atoms with Gasteiger partial charge in [-0.2, -0.15) is 0 Å². The van der Waals surface area contributed by atoms with Gasteiger partial charge in [0.05, 0.1) is 19.1 Å². The predicted octanol–water partition coefficient (Wildman–Crippen LogP) is 3.84. The smallest absolute Gasteiger partial charge is 0.213 e. The second-order valence-corrected chi connectivity index (χ2v) is 8.00. The first kappa shape index (κ1) is 19.3. The van der Waals surface area contributed by atoms with Crippen molar-refractivity contribution in [3.05, 3.63) is 94.6 Å². The van der Waals surface area contributed by atoms with Gasteiger partial charge in [0.15, 0.2) is 0 Å². The number of benzene rings is 2. The van der Waals surface area contributed by atoms with Crippen LogP contribution in [0.5, 0.6) is 5.75 Å². The molecule has 0 atom stereocenters. The first-order chi connectivity index (χ1) is 15.0. The number of carbonyl (C=O) groups excluding carboxylic acids is 1. The van der Waals surface area contributed by atoms with Crippen LogP contribution in [0.15, 0.2) is 55.0 Å². The van der Waals surface area contributed by atoms with Crippen molar-refractivity contribution in [1.29, 1.82) is 0 Å². The number of nitrogens with zero attached hydrogens (tertiary/aromatic N) is 4. The lowest BCUT2D eigenvalue weighted by atomic mass is 10.0. The number of hydrogen-bond donors (Lipinski definition) is 0. The molecular formula is C25H24N4O2. The molecule has 0 saturated heterocycles. The number of ether oxygens (including phenoxy) is 1. The van der Waals surface area contributed by atoms with Gasteiger partial charge in [0.1, 0.15) is 17.3 Å². The third-order valence-corrected chi connectivity index (χ3v) is 6.02. The van der Waals surface area contributed by atoms with Gasteiger partial charge in [0.2, 0.25) is 5.78 Å². The van der Waals surface area contributed by atoms with Crippen molar-refractivity contribution in [1.82, 2.24) is 19.1 Å². The molecule has 0 unspecified atom stereocenters. The topological polar surface area (TPSA) is 61.9 Å². The van der Waals surface area contributed by atoms with E-state index in [1.54, 1.807) is 13.4 Å². The molecule has 0 bridgehead atoms. The van der Waals surface area contributed by atoms with Gasteiger partial charge >= 0.3 is 0 Å². The first-order valence-corrected chi connectivity index (χ1v) is 10.4. The Balaban J connectivity index is 1.47. The molecule has 156 valence electrons. The third kappa shape index (κ3) is 3.44. The molecular weight excluding hydrogens is 388 g/mol. The van der Waals surface area contributed by atoms with E-state index in [2.05, 4.69) is 15.6 Å². The van der Waals surface area contributed by atoms with E-state index < -0.39 is 0 Å². The molecule has 5 rings (SSSR count). The van der Waals surface area contributed by atoms with E-state index in [9.17, 15) is 4.79 Å². The number of carbonyl (C=O) groups is 1. The molecule has 2 heterocycles. The summed E-state index contributed by atoms with van der Waals surface area (Å²) < 4.78 is 9.31. The Morgan fingerprint density at radius 1 is 1.10 bits per heavy atom. The molecule has 0 aliphatic heterocycles. The highest BCUT2D eigenvalue weighted by Gasteiger charge is 2.27. The lowest BCUT2D eigenvalue weighted by Crippen LogP contribution is -2.06. The summed E-state index contributed by atoms with van der Waals surface area (Å²) in [5.41, 5.74) is 6.51. The lowest BCUT2D eigenvalue weighted by Gasteiger charge is -2.09. The maximum Gasteiger partial charge on any atom is 0.213 e. The number of ketones is 1. The number of fused-ring (bicyclic) bond motifs is 2. The summed E-state index contributed by atoms with van der Waals surface area (Å²) in [6.45, 7) is 1.97. The van der Waals surface area contributed by atoms with Crippen LogP contribution in [0.25, 0.3) is 5.69 Å². The van der Waals surface area contributed by atoms with Gasteiger partial charge < -0.3 is 13.9 Å². The van der Waals surface area contributed by atoms with Crippen molar-refractivity contribution in [3.63, 3.8) is 0 Å². The minimum absolute atomic E-state index is 0.00689. The predicted molar refractivity (Wildman–Crippen MR) is 118 cm³/mol. The molecule has 0 N–H and O–H groups in total. The van der Waals surface area contributed by atoms with E-state index in [0.29, 0.717) is 12.1 Å². The average molecular weight is 412 g/mol. The van der Waals surface area contributed by atoms with E-state index in [0.717, 1.165) is 58.2 Å². The summed E-state index contributed by atoms with van der Waals surface area (Å²) in [5.74, 6) is 1.74. The van der Waals surface area contributed by atoms with E-state index >= 15 is 0 Å². The quantitative estimate of drug-likeness (QED) is 0.511. The van der Waals surface area contributed by atoms with Crippen molar-refractivity contribution in [2.45, 2.75) is 26.2 Å². The fourth-order valence-corrected chi connectivity index (χ4v) is 4.25. The number of imidazole rings is 2. The van der Waals surface area contributed by atoms with Crippen LogP contribution in [0, 0.1) is 6.92 Å². The zero-order chi connectivity index (χ0) is 21.5. The fourth-order valence-electron chi connectivity index (χ4n) is 4.25. The fraction of sp³-hybridized carbons (Fsp3) is 0.240. The molecule has 0 amide bonds. The number of rotatable bonds is 4. The van der Waals surface area contributed by atoms with Crippen LogP contribution in [0.4, 0.5) is 0 Å². The van der Waals surface area contributed by atoms with Crippen LogP contribution in [-0.2, 0) is 26.3 Å². The third-order valence-electron chi connectivity index (χ3n) is 6.02. The normalized spacial score (nSPS) is 12.9. The Kier molecular flexibility index (Phi) is 4.70. The van der Waals surface area contributed by atoms with Crippen LogP contribution < -0.4 is 4.74 Å². The van der Waals surface area contributed by atoms with Crippen molar-refractivity contribution >= 4 is 5.78 Å². The lowest BCUT2D eigenvalue weighted by molar-refractivity contribution is 0.103. The van der Waals surface area contributed by atoms with Crippen LogP contribution in [0.3, 0.4) is 0 Å². The Bertz CT molecular complexity index is 1280. The Hall–Kier alpha value is -3.67. The maximum absolute atomic E-state index is 13.4. The number of methoxy groups -OCH3 is 1. The molecule has 6 nitrogen and oxygen atoms in total. The minimum Gasteiger partial charge on any atom is -0.497 e. The summed E-state index contributed by atoms with van der Waals surface area (Å²) in [7, 11) is 3.67. The van der Waals surface area contributed by atoms with Gasteiger partial charge in [-0.15, -0.1) is 0 Å². The summed E-state index contributed by atoms with van der Waals surface area (Å²) in [6.07, 6.45) is 6.05. The summed E-state index contributed by atoms with van der Waals surface area (Å²) in [6, 6.07) is 14.0. The molecule has 0 radical (unpaired) electrons. The highest BCUT2D eigenvalue weighted by Crippen LogP contribution is 2.27. The summed E-state index contributed by atoms with van der Waals surface area (Å²) >= 11 is 0. The molecule has 31 heavy (non-hydrogen) atoms. The van der Waals surface area contributed by atoms with Gasteiger partial charge in [0, 0.05) is 36.6 Å². The van der Waals surface area contributed by atoms with Crippen molar-refractivity contribution < 1.29 is 9.53 Å². The zero-order valence-corrected chi connectivity index (χ0v) is 17.9. The van der Waals surface area contributed by atoms with Crippen LogP contribution >= 0.6 is 0 Å².